The standard InChI is InChI=1S/C17H16N2O/c1-11-8-14(18)10-15(9-11)20-16-5-3-4-13-7-6-12(2)19-17(13)16/h3-10H,18H2,1-2H3. The molecule has 3 aromatic rings. The minimum absolute atomic E-state index is 0.698. The first kappa shape index (κ1) is 12.5. The maximum Gasteiger partial charge on any atom is 0.153 e. The number of nitrogen functional groups attached to an aromatic ring is 1. The Bertz CT molecular complexity index is 761. The van der Waals surface area contributed by atoms with Crippen molar-refractivity contribution in [3.63, 3.8) is 0 Å². The molecule has 3 heteroatoms. The lowest BCUT2D eigenvalue weighted by molar-refractivity contribution is 0.487. The van der Waals surface area contributed by atoms with E-state index < -0.39 is 0 Å². The number of nitrogens with two attached hydrogens (primary N) is 1. The minimum Gasteiger partial charge on any atom is -0.455 e. The van der Waals surface area contributed by atoms with Crippen LogP contribution in [0.4, 0.5) is 5.69 Å². The minimum atomic E-state index is 0.698. The molecule has 0 radical (unpaired) electrons. The summed E-state index contributed by atoms with van der Waals surface area (Å²) < 4.78 is 5.97. The van der Waals surface area contributed by atoms with E-state index in [9.17, 15) is 0 Å². The Morgan fingerprint density at radius 3 is 2.65 bits per heavy atom. The predicted octanol–water partition coefficient (Wildman–Crippen LogP) is 4.23. The van der Waals surface area contributed by atoms with Gasteiger partial charge in [-0.05, 0) is 43.7 Å². The molecule has 0 aliphatic carbocycles. The maximum absolute atomic E-state index is 5.97. The highest BCUT2D eigenvalue weighted by atomic mass is 16.5. The summed E-state index contributed by atoms with van der Waals surface area (Å²) >= 11 is 0. The second-order valence-electron chi connectivity index (χ2n) is 4.96. The molecule has 0 aliphatic rings. The Morgan fingerprint density at radius 2 is 1.85 bits per heavy atom. The Balaban J connectivity index is 2.08. The molecule has 0 atom stereocenters. The average Bonchev–Trinajstić information content (AvgIpc) is 2.38. The van der Waals surface area contributed by atoms with Crippen LogP contribution in [0.3, 0.4) is 0 Å². The Morgan fingerprint density at radius 1 is 1.00 bits per heavy atom. The molecule has 100 valence electrons. The van der Waals surface area contributed by atoms with Crippen molar-refractivity contribution >= 4 is 16.6 Å². The highest BCUT2D eigenvalue weighted by Gasteiger charge is 2.06. The fourth-order valence-electron chi connectivity index (χ4n) is 2.26. The van der Waals surface area contributed by atoms with Gasteiger partial charge in [0.05, 0.1) is 0 Å². The summed E-state index contributed by atoms with van der Waals surface area (Å²) in [5, 5.41) is 1.06. The maximum atomic E-state index is 5.97. The summed E-state index contributed by atoms with van der Waals surface area (Å²) in [5.41, 5.74) is 9.46. The molecule has 0 saturated heterocycles. The zero-order valence-corrected chi connectivity index (χ0v) is 11.6. The molecule has 0 spiro atoms. The van der Waals surface area contributed by atoms with Crippen LogP contribution in [-0.2, 0) is 0 Å². The van der Waals surface area contributed by atoms with Gasteiger partial charge in [-0.25, -0.2) is 4.98 Å². The van der Waals surface area contributed by atoms with E-state index in [4.69, 9.17) is 10.5 Å². The number of hydrogen-bond acceptors (Lipinski definition) is 3. The first-order valence-corrected chi connectivity index (χ1v) is 6.53. The van der Waals surface area contributed by atoms with Crippen molar-refractivity contribution in [3.05, 3.63) is 59.8 Å². The molecule has 0 bridgehead atoms. The van der Waals surface area contributed by atoms with Crippen molar-refractivity contribution in [3.8, 4) is 11.5 Å². The molecule has 3 nitrogen and oxygen atoms in total. The number of para-hydroxylation sites is 1. The van der Waals surface area contributed by atoms with Gasteiger partial charge >= 0.3 is 0 Å². The van der Waals surface area contributed by atoms with Crippen molar-refractivity contribution in [2.45, 2.75) is 13.8 Å². The molecule has 0 aliphatic heterocycles. The van der Waals surface area contributed by atoms with Gasteiger partial charge in [-0.1, -0.05) is 18.2 Å². The predicted molar refractivity (Wildman–Crippen MR) is 82.1 cm³/mol. The molecule has 1 aromatic heterocycles. The van der Waals surface area contributed by atoms with Gasteiger partial charge in [0.2, 0.25) is 0 Å². The number of aromatic nitrogens is 1. The monoisotopic (exact) mass is 264 g/mol. The first-order chi connectivity index (χ1) is 9.61. The fourth-order valence-corrected chi connectivity index (χ4v) is 2.26. The van der Waals surface area contributed by atoms with Crippen LogP contribution < -0.4 is 10.5 Å². The third kappa shape index (κ3) is 2.43. The van der Waals surface area contributed by atoms with Gasteiger partial charge in [0.15, 0.2) is 5.75 Å². The van der Waals surface area contributed by atoms with Gasteiger partial charge in [0.25, 0.3) is 0 Å². The number of benzene rings is 2. The van der Waals surface area contributed by atoms with Crippen LogP contribution in [0.25, 0.3) is 10.9 Å². The topological polar surface area (TPSA) is 48.1 Å². The van der Waals surface area contributed by atoms with Crippen molar-refractivity contribution in [1.82, 2.24) is 4.98 Å². The van der Waals surface area contributed by atoms with Crippen LogP contribution in [0.1, 0.15) is 11.3 Å². The number of ether oxygens (including phenoxy) is 1. The number of anilines is 1. The lowest BCUT2D eigenvalue weighted by atomic mass is 10.2. The van der Waals surface area contributed by atoms with Gasteiger partial charge in [-0.2, -0.15) is 0 Å². The van der Waals surface area contributed by atoms with Gasteiger partial charge in [0.1, 0.15) is 11.3 Å². The molecular weight excluding hydrogens is 248 g/mol. The summed E-state index contributed by atoms with van der Waals surface area (Å²) in [7, 11) is 0. The van der Waals surface area contributed by atoms with Crippen LogP contribution in [-0.4, -0.2) is 4.98 Å². The van der Waals surface area contributed by atoms with Crippen LogP contribution >= 0.6 is 0 Å². The smallest absolute Gasteiger partial charge is 0.153 e. The molecule has 0 unspecified atom stereocenters. The molecule has 0 fully saturated rings. The average molecular weight is 264 g/mol. The summed E-state index contributed by atoms with van der Waals surface area (Å²) in [4.78, 5) is 4.56. The number of pyridine rings is 1. The van der Waals surface area contributed by atoms with Crippen LogP contribution in [0.2, 0.25) is 0 Å². The second kappa shape index (κ2) is 4.85. The van der Waals surface area contributed by atoms with E-state index in [2.05, 4.69) is 11.1 Å². The Hall–Kier alpha value is -2.55. The van der Waals surface area contributed by atoms with E-state index in [1.54, 1.807) is 0 Å². The van der Waals surface area contributed by atoms with Crippen molar-refractivity contribution in [1.29, 1.82) is 0 Å². The highest BCUT2D eigenvalue weighted by Crippen LogP contribution is 2.30. The number of hydrogen-bond donors (Lipinski definition) is 1. The molecule has 1 heterocycles. The largest absolute Gasteiger partial charge is 0.455 e. The zero-order chi connectivity index (χ0) is 14.1. The molecule has 0 saturated carbocycles. The van der Waals surface area contributed by atoms with E-state index in [0.29, 0.717) is 5.69 Å². The number of fused-ring (bicyclic) bond motifs is 1. The van der Waals surface area contributed by atoms with Gasteiger partial charge in [-0.3, -0.25) is 0 Å². The Labute approximate surface area is 118 Å². The fraction of sp³-hybridized carbons (Fsp3) is 0.118. The Kier molecular flexibility index (Phi) is 3.03. The molecule has 3 rings (SSSR count). The summed E-state index contributed by atoms with van der Waals surface area (Å²) in [6.07, 6.45) is 0. The molecular formula is C17H16N2O. The van der Waals surface area contributed by atoms with E-state index in [1.165, 1.54) is 0 Å². The summed E-state index contributed by atoms with van der Waals surface area (Å²) in [6.45, 7) is 3.97. The second-order valence-corrected chi connectivity index (χ2v) is 4.96. The van der Waals surface area contributed by atoms with Crippen LogP contribution in [0, 0.1) is 13.8 Å². The zero-order valence-electron chi connectivity index (χ0n) is 11.6. The van der Waals surface area contributed by atoms with Crippen molar-refractivity contribution in [2.24, 2.45) is 0 Å². The lowest BCUT2D eigenvalue weighted by Crippen LogP contribution is -1.92. The van der Waals surface area contributed by atoms with Gasteiger partial charge < -0.3 is 10.5 Å². The van der Waals surface area contributed by atoms with Crippen LogP contribution in [0.5, 0.6) is 11.5 Å². The highest BCUT2D eigenvalue weighted by molar-refractivity contribution is 5.84. The number of aryl methyl sites for hydroxylation is 2. The SMILES string of the molecule is Cc1cc(N)cc(Oc2cccc3ccc(C)nc23)c1. The first-order valence-electron chi connectivity index (χ1n) is 6.53. The number of rotatable bonds is 2. The molecule has 20 heavy (non-hydrogen) atoms. The van der Waals surface area contributed by atoms with E-state index >= 15 is 0 Å². The van der Waals surface area contributed by atoms with Crippen LogP contribution in [0.15, 0.2) is 48.5 Å². The third-order valence-corrected chi connectivity index (χ3v) is 3.12. The lowest BCUT2D eigenvalue weighted by Gasteiger charge is -2.10. The molecule has 2 N–H and O–H groups in total. The normalized spacial score (nSPS) is 10.7. The quantitative estimate of drug-likeness (QED) is 0.705. The summed E-state index contributed by atoms with van der Waals surface area (Å²) in [5.74, 6) is 1.48. The van der Waals surface area contributed by atoms with Gasteiger partial charge in [0, 0.05) is 22.8 Å². The van der Waals surface area contributed by atoms with E-state index in [0.717, 1.165) is 33.7 Å². The number of nitrogens with zero attached hydrogens (tertiary/aromatic N) is 1. The molecule has 0 amide bonds. The van der Waals surface area contributed by atoms with Gasteiger partial charge in [-0.15, -0.1) is 0 Å². The van der Waals surface area contributed by atoms with Crippen molar-refractivity contribution in [2.75, 3.05) is 5.73 Å². The summed E-state index contributed by atoms with van der Waals surface area (Å²) in [6, 6.07) is 15.7. The van der Waals surface area contributed by atoms with E-state index in [1.807, 2.05) is 56.3 Å². The third-order valence-electron chi connectivity index (χ3n) is 3.12. The van der Waals surface area contributed by atoms with E-state index in [-0.39, 0.29) is 0 Å². The molecule has 2 aromatic carbocycles. The van der Waals surface area contributed by atoms with Crippen molar-refractivity contribution < 1.29 is 4.74 Å².